The van der Waals surface area contributed by atoms with Gasteiger partial charge in [0, 0.05) is 25.0 Å². The summed E-state index contributed by atoms with van der Waals surface area (Å²) in [5, 5.41) is 0. The van der Waals surface area contributed by atoms with Gasteiger partial charge in [-0.1, -0.05) is 0 Å². The van der Waals surface area contributed by atoms with Crippen LogP contribution < -0.4 is 5.73 Å². The average Bonchev–Trinajstić information content (AvgIpc) is 2.84. The molecule has 0 saturated carbocycles. The molecule has 0 aliphatic carbocycles. The van der Waals surface area contributed by atoms with Crippen LogP contribution in [0.1, 0.15) is 16.2 Å². The largest absolute Gasteiger partial charge is 0.396 e. The molecule has 0 saturated heterocycles. The quantitative estimate of drug-likeness (QED) is 0.806. The molecule has 0 radical (unpaired) electrons. The van der Waals surface area contributed by atoms with Crippen LogP contribution in [0, 0.1) is 5.82 Å². The van der Waals surface area contributed by atoms with Crippen LogP contribution in [0.5, 0.6) is 0 Å². The van der Waals surface area contributed by atoms with Gasteiger partial charge in [0.05, 0.1) is 12.2 Å². The third-order valence-electron chi connectivity index (χ3n) is 2.53. The summed E-state index contributed by atoms with van der Waals surface area (Å²) in [6.45, 7) is 0.350. The van der Waals surface area contributed by atoms with Crippen LogP contribution in [0.3, 0.4) is 0 Å². The summed E-state index contributed by atoms with van der Waals surface area (Å²) >= 11 is 0. The van der Waals surface area contributed by atoms with Crippen LogP contribution in [0.25, 0.3) is 0 Å². The van der Waals surface area contributed by atoms with E-state index in [9.17, 15) is 9.18 Å². The van der Waals surface area contributed by atoms with Crippen molar-refractivity contribution in [2.24, 2.45) is 0 Å². The normalized spacial score (nSPS) is 10.3. The molecule has 1 aromatic heterocycles. The lowest BCUT2D eigenvalue weighted by atomic mass is 10.1. The number of carbonyl (C=O) groups excluding carboxylic acids is 1. The Hall–Kier alpha value is -2.37. The van der Waals surface area contributed by atoms with Crippen molar-refractivity contribution >= 4 is 11.6 Å². The number of hydrogen-bond acceptors (Lipinski definition) is 3. The highest BCUT2D eigenvalue weighted by Gasteiger charge is 2.14. The molecule has 5 nitrogen and oxygen atoms in total. The van der Waals surface area contributed by atoms with Crippen LogP contribution in [-0.4, -0.2) is 27.8 Å². The van der Waals surface area contributed by atoms with E-state index in [2.05, 4.69) is 9.97 Å². The Bertz CT molecular complexity index is 553. The zero-order valence-corrected chi connectivity index (χ0v) is 9.85. The smallest absolute Gasteiger partial charge is 0.254 e. The lowest BCUT2D eigenvalue weighted by Gasteiger charge is -2.16. The van der Waals surface area contributed by atoms with Gasteiger partial charge in [-0.05, 0) is 18.2 Å². The lowest BCUT2D eigenvalue weighted by Crippen LogP contribution is -2.26. The average molecular weight is 248 g/mol. The van der Waals surface area contributed by atoms with Crippen molar-refractivity contribution in [3.63, 3.8) is 0 Å². The zero-order chi connectivity index (χ0) is 13.1. The molecule has 1 amide bonds. The number of H-pyrrole nitrogens is 1. The van der Waals surface area contributed by atoms with E-state index in [4.69, 9.17) is 5.73 Å². The van der Waals surface area contributed by atoms with E-state index in [0.29, 0.717) is 17.9 Å². The topological polar surface area (TPSA) is 75.0 Å². The Morgan fingerprint density at radius 1 is 1.56 bits per heavy atom. The number of carbonyl (C=O) groups is 1. The van der Waals surface area contributed by atoms with E-state index in [-0.39, 0.29) is 11.6 Å². The van der Waals surface area contributed by atoms with Gasteiger partial charge in [-0.3, -0.25) is 4.79 Å². The summed E-state index contributed by atoms with van der Waals surface area (Å²) < 4.78 is 13.0. The van der Waals surface area contributed by atoms with Gasteiger partial charge in [-0.2, -0.15) is 0 Å². The number of aromatic amines is 1. The van der Waals surface area contributed by atoms with E-state index in [1.54, 1.807) is 19.4 Å². The van der Waals surface area contributed by atoms with Crippen molar-refractivity contribution in [1.82, 2.24) is 14.9 Å². The SMILES string of the molecule is CN(Cc1ncc[nH]1)C(=O)c1ccc(F)c(N)c1. The van der Waals surface area contributed by atoms with Crippen LogP contribution in [-0.2, 0) is 6.54 Å². The van der Waals surface area contributed by atoms with E-state index in [1.165, 1.54) is 23.1 Å². The molecule has 0 aliphatic heterocycles. The summed E-state index contributed by atoms with van der Waals surface area (Å²) in [6.07, 6.45) is 3.30. The number of benzene rings is 1. The maximum Gasteiger partial charge on any atom is 0.254 e. The van der Waals surface area contributed by atoms with Gasteiger partial charge in [0.1, 0.15) is 11.6 Å². The predicted molar refractivity (Wildman–Crippen MR) is 65.2 cm³/mol. The first-order chi connectivity index (χ1) is 8.58. The number of halogens is 1. The summed E-state index contributed by atoms with van der Waals surface area (Å²) in [6, 6.07) is 3.92. The first-order valence-corrected chi connectivity index (χ1v) is 5.36. The fourth-order valence-electron chi connectivity index (χ4n) is 1.58. The highest BCUT2D eigenvalue weighted by molar-refractivity contribution is 5.94. The molecule has 3 N–H and O–H groups in total. The van der Waals surface area contributed by atoms with E-state index in [1.807, 2.05) is 0 Å². The summed E-state index contributed by atoms with van der Waals surface area (Å²) in [4.78, 5) is 20.5. The summed E-state index contributed by atoms with van der Waals surface area (Å²) in [5.74, 6) is -0.0840. The third-order valence-corrected chi connectivity index (χ3v) is 2.53. The van der Waals surface area contributed by atoms with Crippen molar-refractivity contribution in [2.45, 2.75) is 6.54 Å². The van der Waals surface area contributed by atoms with Crippen LogP contribution >= 0.6 is 0 Å². The molecule has 2 rings (SSSR count). The van der Waals surface area contributed by atoms with Crippen molar-refractivity contribution in [3.05, 3.63) is 47.8 Å². The van der Waals surface area contributed by atoms with Crippen molar-refractivity contribution < 1.29 is 9.18 Å². The van der Waals surface area contributed by atoms with Gasteiger partial charge >= 0.3 is 0 Å². The number of nitrogens with zero attached hydrogens (tertiary/aromatic N) is 2. The molecule has 94 valence electrons. The minimum Gasteiger partial charge on any atom is -0.396 e. The minimum absolute atomic E-state index is 0.0350. The molecule has 0 unspecified atom stereocenters. The van der Waals surface area contributed by atoms with Crippen LogP contribution in [0.4, 0.5) is 10.1 Å². The molecule has 0 fully saturated rings. The van der Waals surface area contributed by atoms with E-state index in [0.717, 1.165) is 0 Å². The van der Waals surface area contributed by atoms with Crippen molar-refractivity contribution in [2.75, 3.05) is 12.8 Å². The number of rotatable bonds is 3. The fourth-order valence-corrected chi connectivity index (χ4v) is 1.58. The zero-order valence-electron chi connectivity index (χ0n) is 9.85. The molecule has 18 heavy (non-hydrogen) atoms. The minimum atomic E-state index is -0.528. The third kappa shape index (κ3) is 2.48. The Kier molecular flexibility index (Phi) is 3.27. The maximum absolute atomic E-state index is 13.0. The molecule has 0 aliphatic rings. The van der Waals surface area contributed by atoms with Gasteiger partial charge in [0.15, 0.2) is 0 Å². The fraction of sp³-hybridized carbons (Fsp3) is 0.167. The Labute approximate surface area is 103 Å². The monoisotopic (exact) mass is 248 g/mol. The highest BCUT2D eigenvalue weighted by Crippen LogP contribution is 2.14. The number of nitrogens with two attached hydrogens (primary N) is 1. The molecule has 6 heteroatoms. The summed E-state index contributed by atoms with van der Waals surface area (Å²) in [7, 11) is 1.64. The van der Waals surface area contributed by atoms with Crippen LogP contribution in [0.2, 0.25) is 0 Å². The molecule has 0 atom stereocenters. The number of aromatic nitrogens is 2. The van der Waals surface area contributed by atoms with Gasteiger partial charge in [-0.25, -0.2) is 9.37 Å². The van der Waals surface area contributed by atoms with E-state index < -0.39 is 5.82 Å². The number of anilines is 1. The van der Waals surface area contributed by atoms with Gasteiger partial charge in [0.25, 0.3) is 5.91 Å². The summed E-state index contributed by atoms with van der Waals surface area (Å²) in [5.41, 5.74) is 5.75. The molecule has 0 spiro atoms. The molecule has 1 heterocycles. The Balaban J connectivity index is 2.12. The van der Waals surface area contributed by atoms with Gasteiger partial charge < -0.3 is 15.6 Å². The second-order valence-electron chi connectivity index (χ2n) is 3.93. The van der Waals surface area contributed by atoms with Crippen molar-refractivity contribution in [3.8, 4) is 0 Å². The number of nitrogens with one attached hydrogen (secondary N) is 1. The lowest BCUT2D eigenvalue weighted by molar-refractivity contribution is 0.0782. The first kappa shape index (κ1) is 12.1. The number of imidazole rings is 1. The highest BCUT2D eigenvalue weighted by atomic mass is 19.1. The molecular weight excluding hydrogens is 235 g/mol. The molecular formula is C12H13FN4O. The number of hydrogen-bond donors (Lipinski definition) is 2. The molecule has 0 bridgehead atoms. The Morgan fingerprint density at radius 2 is 2.33 bits per heavy atom. The number of nitrogen functional groups attached to an aromatic ring is 1. The second-order valence-corrected chi connectivity index (χ2v) is 3.93. The van der Waals surface area contributed by atoms with Gasteiger partial charge in [0.2, 0.25) is 0 Å². The molecule has 1 aromatic carbocycles. The van der Waals surface area contributed by atoms with E-state index >= 15 is 0 Å². The second kappa shape index (κ2) is 4.87. The standard InChI is InChI=1S/C12H13FN4O/c1-17(7-11-15-4-5-16-11)12(18)8-2-3-9(13)10(14)6-8/h2-6H,7,14H2,1H3,(H,15,16). The number of amides is 1. The molecule has 2 aromatic rings. The van der Waals surface area contributed by atoms with Gasteiger partial charge in [-0.15, -0.1) is 0 Å². The first-order valence-electron chi connectivity index (χ1n) is 5.36. The maximum atomic E-state index is 13.0. The Morgan fingerprint density at radius 3 is 2.94 bits per heavy atom. The predicted octanol–water partition coefficient (Wildman–Crippen LogP) is 1.40. The van der Waals surface area contributed by atoms with Crippen molar-refractivity contribution in [1.29, 1.82) is 0 Å². The van der Waals surface area contributed by atoms with Crippen LogP contribution in [0.15, 0.2) is 30.6 Å².